The van der Waals surface area contributed by atoms with Gasteiger partial charge in [0, 0.05) is 24.6 Å². The van der Waals surface area contributed by atoms with Crippen molar-refractivity contribution in [1.82, 2.24) is 4.98 Å². The van der Waals surface area contributed by atoms with E-state index in [9.17, 15) is 4.79 Å². The second kappa shape index (κ2) is 9.04. The van der Waals surface area contributed by atoms with Crippen molar-refractivity contribution < 1.29 is 9.53 Å². The Labute approximate surface area is 165 Å². The number of amides is 1. The van der Waals surface area contributed by atoms with E-state index in [2.05, 4.69) is 15.6 Å². The third-order valence-corrected chi connectivity index (χ3v) is 4.76. The first-order valence-corrected chi connectivity index (χ1v) is 9.26. The van der Waals surface area contributed by atoms with E-state index in [1.807, 2.05) is 62.4 Å². The quantitative estimate of drug-likeness (QED) is 0.633. The Kier molecular flexibility index (Phi) is 6.27. The van der Waals surface area contributed by atoms with Crippen LogP contribution >= 0.6 is 0 Å². The van der Waals surface area contributed by atoms with Crippen LogP contribution in [-0.4, -0.2) is 24.5 Å². The number of anilines is 2. The van der Waals surface area contributed by atoms with Gasteiger partial charge in [0.05, 0.1) is 18.4 Å². The lowest BCUT2D eigenvalue weighted by atomic mass is 10.1. The number of carbonyl (C=O) groups excluding carboxylic acids is 1. The van der Waals surface area contributed by atoms with E-state index in [1.165, 1.54) is 5.56 Å². The summed E-state index contributed by atoms with van der Waals surface area (Å²) in [4.78, 5) is 16.8. The lowest BCUT2D eigenvalue weighted by molar-refractivity contribution is 0.102. The maximum absolute atomic E-state index is 12.6. The Morgan fingerprint density at radius 3 is 2.61 bits per heavy atom. The van der Waals surface area contributed by atoms with Crippen LogP contribution < -0.4 is 15.4 Å². The second-order valence-corrected chi connectivity index (χ2v) is 6.69. The number of nitrogens with one attached hydrogen (secondary N) is 2. The van der Waals surface area contributed by atoms with Gasteiger partial charge in [-0.3, -0.25) is 9.78 Å². The Morgan fingerprint density at radius 1 is 1.07 bits per heavy atom. The summed E-state index contributed by atoms with van der Waals surface area (Å²) in [7, 11) is 1.66. The average Bonchev–Trinajstić information content (AvgIpc) is 2.72. The lowest BCUT2D eigenvalue weighted by Gasteiger charge is -2.11. The molecule has 0 spiro atoms. The zero-order chi connectivity index (χ0) is 19.9. The SMILES string of the molecule is COc1ccc(CCNc2cncc(C(=O)Nc3cccc(C)c3C)c2)cc1. The third kappa shape index (κ3) is 4.88. The molecule has 0 radical (unpaired) electrons. The van der Waals surface area contributed by atoms with Crippen LogP contribution in [0.4, 0.5) is 11.4 Å². The zero-order valence-electron chi connectivity index (χ0n) is 16.5. The molecular weight excluding hydrogens is 350 g/mol. The number of hydrogen-bond acceptors (Lipinski definition) is 4. The highest BCUT2D eigenvalue weighted by atomic mass is 16.5. The number of hydrogen-bond donors (Lipinski definition) is 2. The van der Waals surface area contributed by atoms with Gasteiger partial charge in [0.15, 0.2) is 0 Å². The number of ether oxygens (including phenoxy) is 1. The fourth-order valence-electron chi connectivity index (χ4n) is 2.89. The molecule has 1 amide bonds. The molecule has 0 aliphatic carbocycles. The van der Waals surface area contributed by atoms with E-state index in [0.717, 1.165) is 41.2 Å². The number of benzene rings is 2. The van der Waals surface area contributed by atoms with Gasteiger partial charge in [-0.15, -0.1) is 0 Å². The molecule has 3 aromatic rings. The lowest BCUT2D eigenvalue weighted by Crippen LogP contribution is -2.14. The van der Waals surface area contributed by atoms with Gasteiger partial charge < -0.3 is 15.4 Å². The van der Waals surface area contributed by atoms with Crippen molar-refractivity contribution in [3.05, 3.63) is 83.2 Å². The van der Waals surface area contributed by atoms with Crippen molar-refractivity contribution in [2.75, 3.05) is 24.3 Å². The van der Waals surface area contributed by atoms with Gasteiger partial charge in [0.25, 0.3) is 5.91 Å². The maximum Gasteiger partial charge on any atom is 0.257 e. The van der Waals surface area contributed by atoms with E-state index in [-0.39, 0.29) is 5.91 Å². The minimum Gasteiger partial charge on any atom is -0.497 e. The third-order valence-electron chi connectivity index (χ3n) is 4.76. The highest BCUT2D eigenvalue weighted by Crippen LogP contribution is 2.19. The summed E-state index contributed by atoms with van der Waals surface area (Å²) < 4.78 is 5.17. The molecule has 0 saturated heterocycles. The summed E-state index contributed by atoms with van der Waals surface area (Å²) in [6.45, 7) is 4.77. The van der Waals surface area contributed by atoms with E-state index in [0.29, 0.717) is 5.56 Å². The fourth-order valence-corrected chi connectivity index (χ4v) is 2.89. The second-order valence-electron chi connectivity index (χ2n) is 6.69. The van der Waals surface area contributed by atoms with Gasteiger partial charge in [-0.05, 0) is 61.2 Å². The molecule has 1 heterocycles. The van der Waals surface area contributed by atoms with Crippen molar-refractivity contribution in [3.63, 3.8) is 0 Å². The molecule has 5 heteroatoms. The Morgan fingerprint density at radius 2 is 1.86 bits per heavy atom. The number of carbonyl (C=O) groups is 1. The molecule has 1 aromatic heterocycles. The number of aromatic nitrogens is 1. The van der Waals surface area contributed by atoms with Gasteiger partial charge >= 0.3 is 0 Å². The number of pyridine rings is 1. The molecule has 3 rings (SSSR count). The molecule has 28 heavy (non-hydrogen) atoms. The summed E-state index contributed by atoms with van der Waals surface area (Å²) in [5.41, 5.74) is 5.59. The molecule has 144 valence electrons. The molecule has 5 nitrogen and oxygen atoms in total. The predicted molar refractivity (Wildman–Crippen MR) is 113 cm³/mol. The number of nitrogens with zero attached hydrogens (tertiary/aromatic N) is 1. The van der Waals surface area contributed by atoms with E-state index >= 15 is 0 Å². The minimum absolute atomic E-state index is 0.167. The van der Waals surface area contributed by atoms with Crippen LogP contribution in [0.25, 0.3) is 0 Å². The van der Waals surface area contributed by atoms with Gasteiger partial charge in [0.2, 0.25) is 0 Å². The molecule has 0 saturated carbocycles. The molecule has 0 fully saturated rings. The van der Waals surface area contributed by atoms with Crippen molar-refractivity contribution >= 4 is 17.3 Å². The monoisotopic (exact) mass is 375 g/mol. The first kappa shape index (κ1) is 19.4. The van der Waals surface area contributed by atoms with Crippen LogP contribution in [0.3, 0.4) is 0 Å². The van der Waals surface area contributed by atoms with Crippen LogP contribution in [0.1, 0.15) is 27.0 Å². The topological polar surface area (TPSA) is 63.2 Å². The summed E-state index contributed by atoms with van der Waals surface area (Å²) in [5.74, 6) is 0.684. The molecule has 2 aromatic carbocycles. The molecular formula is C23H25N3O2. The Balaban J connectivity index is 1.59. The first-order chi connectivity index (χ1) is 13.6. The molecule has 0 unspecified atom stereocenters. The summed E-state index contributed by atoms with van der Waals surface area (Å²) in [5, 5.41) is 6.30. The minimum atomic E-state index is -0.167. The summed E-state index contributed by atoms with van der Waals surface area (Å²) in [6.07, 6.45) is 4.17. The molecule has 0 bridgehead atoms. The number of rotatable bonds is 7. The van der Waals surface area contributed by atoms with Crippen molar-refractivity contribution in [2.45, 2.75) is 20.3 Å². The van der Waals surface area contributed by atoms with Crippen LogP contribution in [0.2, 0.25) is 0 Å². The average molecular weight is 375 g/mol. The van der Waals surface area contributed by atoms with Gasteiger partial charge in [-0.25, -0.2) is 0 Å². The van der Waals surface area contributed by atoms with Crippen molar-refractivity contribution in [2.24, 2.45) is 0 Å². The van der Waals surface area contributed by atoms with Crippen LogP contribution in [0.15, 0.2) is 60.9 Å². The highest BCUT2D eigenvalue weighted by Gasteiger charge is 2.10. The number of methoxy groups -OCH3 is 1. The molecule has 0 aliphatic heterocycles. The standard InChI is InChI=1S/C23H25N3O2/c1-16-5-4-6-22(17(16)2)26-23(27)19-13-20(15-24-14-19)25-12-11-18-7-9-21(28-3)10-8-18/h4-10,13-15,25H,11-12H2,1-3H3,(H,26,27). The summed E-state index contributed by atoms with van der Waals surface area (Å²) >= 11 is 0. The predicted octanol–water partition coefficient (Wildman–Crippen LogP) is 4.61. The smallest absolute Gasteiger partial charge is 0.257 e. The van der Waals surface area contributed by atoms with Crippen LogP contribution in [-0.2, 0) is 6.42 Å². The van der Waals surface area contributed by atoms with Gasteiger partial charge in [-0.2, -0.15) is 0 Å². The largest absolute Gasteiger partial charge is 0.497 e. The van der Waals surface area contributed by atoms with Gasteiger partial charge in [-0.1, -0.05) is 24.3 Å². The van der Waals surface area contributed by atoms with E-state index in [1.54, 1.807) is 19.5 Å². The molecule has 2 N–H and O–H groups in total. The highest BCUT2D eigenvalue weighted by molar-refractivity contribution is 6.05. The van der Waals surface area contributed by atoms with Crippen LogP contribution in [0, 0.1) is 13.8 Å². The van der Waals surface area contributed by atoms with Gasteiger partial charge in [0.1, 0.15) is 5.75 Å². The first-order valence-electron chi connectivity index (χ1n) is 9.26. The molecule has 0 atom stereocenters. The maximum atomic E-state index is 12.6. The number of aryl methyl sites for hydroxylation is 1. The van der Waals surface area contributed by atoms with Crippen molar-refractivity contribution in [1.29, 1.82) is 0 Å². The van der Waals surface area contributed by atoms with Crippen molar-refractivity contribution in [3.8, 4) is 5.75 Å². The zero-order valence-corrected chi connectivity index (χ0v) is 16.5. The van der Waals surface area contributed by atoms with Crippen LogP contribution in [0.5, 0.6) is 5.75 Å². The normalized spacial score (nSPS) is 10.4. The fraction of sp³-hybridized carbons (Fsp3) is 0.217. The van der Waals surface area contributed by atoms with E-state index < -0.39 is 0 Å². The Bertz CT molecular complexity index is 952. The summed E-state index contributed by atoms with van der Waals surface area (Å²) in [6, 6.07) is 15.7. The molecule has 0 aliphatic rings. The Hall–Kier alpha value is -3.34. The van der Waals surface area contributed by atoms with E-state index in [4.69, 9.17) is 4.74 Å².